The van der Waals surface area contributed by atoms with Gasteiger partial charge in [-0.15, -0.1) is 22.7 Å². The third kappa shape index (κ3) is 4.16. The molecular weight excluding hydrogens is 398 g/mol. The molecule has 0 unspecified atom stereocenters. The molecule has 0 aliphatic rings. The Morgan fingerprint density at radius 2 is 1.82 bits per heavy atom. The molecule has 1 amide bonds. The summed E-state index contributed by atoms with van der Waals surface area (Å²) >= 11 is 2.84. The molecule has 7 nitrogen and oxygen atoms in total. The molecule has 28 heavy (non-hydrogen) atoms. The second kappa shape index (κ2) is 8.15. The van der Waals surface area contributed by atoms with E-state index in [0.717, 1.165) is 4.88 Å². The number of carbonyl (C=O) groups is 2. The van der Waals surface area contributed by atoms with Crippen LogP contribution in [0.15, 0.2) is 63.8 Å². The van der Waals surface area contributed by atoms with Gasteiger partial charge in [0.05, 0.1) is 15.3 Å². The van der Waals surface area contributed by atoms with E-state index in [2.05, 4.69) is 15.5 Å². The van der Waals surface area contributed by atoms with Crippen LogP contribution in [-0.2, 0) is 11.3 Å². The van der Waals surface area contributed by atoms with Gasteiger partial charge in [0, 0.05) is 5.69 Å². The van der Waals surface area contributed by atoms with E-state index in [1.54, 1.807) is 30.3 Å². The number of thiophene rings is 2. The second-order valence-electron chi connectivity index (χ2n) is 5.58. The zero-order valence-electron chi connectivity index (χ0n) is 14.3. The van der Waals surface area contributed by atoms with E-state index in [9.17, 15) is 9.59 Å². The SMILES string of the molecule is O=C(OCc1noc(-c2cccs2)n1)c1ccc(NC(=O)c2cccs2)cc1. The molecule has 0 bridgehead atoms. The van der Waals surface area contributed by atoms with Crippen molar-refractivity contribution in [1.82, 2.24) is 10.1 Å². The van der Waals surface area contributed by atoms with E-state index in [-0.39, 0.29) is 18.3 Å². The smallest absolute Gasteiger partial charge is 0.338 e. The molecule has 0 spiro atoms. The molecule has 1 aromatic carbocycles. The summed E-state index contributed by atoms with van der Waals surface area (Å²) < 4.78 is 10.4. The van der Waals surface area contributed by atoms with E-state index < -0.39 is 5.97 Å². The van der Waals surface area contributed by atoms with E-state index in [0.29, 0.717) is 22.0 Å². The Hall–Kier alpha value is -3.30. The summed E-state index contributed by atoms with van der Waals surface area (Å²) in [5.74, 6) is -0.0222. The molecule has 0 radical (unpaired) electrons. The van der Waals surface area contributed by atoms with Crippen LogP contribution in [0.1, 0.15) is 25.9 Å². The lowest BCUT2D eigenvalue weighted by Gasteiger charge is -2.05. The lowest BCUT2D eigenvalue weighted by molar-refractivity contribution is 0.0459. The molecule has 0 aliphatic heterocycles. The number of benzene rings is 1. The molecule has 4 rings (SSSR count). The first-order chi connectivity index (χ1) is 13.7. The van der Waals surface area contributed by atoms with Crippen molar-refractivity contribution in [2.45, 2.75) is 6.61 Å². The Morgan fingerprint density at radius 3 is 2.54 bits per heavy atom. The van der Waals surface area contributed by atoms with Crippen molar-refractivity contribution in [2.24, 2.45) is 0 Å². The Balaban J connectivity index is 1.33. The van der Waals surface area contributed by atoms with Crippen LogP contribution >= 0.6 is 22.7 Å². The maximum atomic E-state index is 12.2. The van der Waals surface area contributed by atoms with E-state index in [1.165, 1.54) is 22.7 Å². The summed E-state index contributed by atoms with van der Waals surface area (Å²) in [4.78, 5) is 29.9. The molecule has 3 heterocycles. The molecule has 1 N–H and O–H groups in total. The van der Waals surface area contributed by atoms with Gasteiger partial charge in [-0.25, -0.2) is 4.79 Å². The molecule has 9 heteroatoms. The minimum atomic E-state index is -0.515. The van der Waals surface area contributed by atoms with Crippen LogP contribution in [0.3, 0.4) is 0 Å². The van der Waals surface area contributed by atoms with E-state index in [4.69, 9.17) is 9.26 Å². The largest absolute Gasteiger partial charge is 0.454 e. The Kier molecular flexibility index (Phi) is 5.27. The van der Waals surface area contributed by atoms with Crippen LogP contribution in [-0.4, -0.2) is 22.0 Å². The summed E-state index contributed by atoms with van der Waals surface area (Å²) in [6, 6.07) is 13.8. The minimum absolute atomic E-state index is 0.0927. The topological polar surface area (TPSA) is 94.3 Å². The summed E-state index contributed by atoms with van der Waals surface area (Å²) in [7, 11) is 0. The Morgan fingerprint density at radius 1 is 1.04 bits per heavy atom. The van der Waals surface area contributed by atoms with Crippen LogP contribution in [0, 0.1) is 0 Å². The van der Waals surface area contributed by atoms with Gasteiger partial charge in [-0.3, -0.25) is 4.79 Å². The van der Waals surface area contributed by atoms with Crippen LogP contribution in [0.4, 0.5) is 5.69 Å². The number of ether oxygens (including phenoxy) is 1. The minimum Gasteiger partial charge on any atom is -0.454 e. The number of amides is 1. The van der Waals surface area contributed by atoms with Gasteiger partial charge in [0.2, 0.25) is 5.82 Å². The molecule has 140 valence electrons. The van der Waals surface area contributed by atoms with Gasteiger partial charge < -0.3 is 14.6 Å². The quantitative estimate of drug-likeness (QED) is 0.471. The van der Waals surface area contributed by atoms with E-state index in [1.807, 2.05) is 29.0 Å². The standard InChI is InChI=1S/C19H13N3O4S2/c23-17(14-3-1-9-27-14)20-13-7-5-12(6-8-13)19(24)25-11-16-21-18(26-22-16)15-4-2-10-28-15/h1-10H,11H2,(H,20,23). The highest BCUT2D eigenvalue weighted by Gasteiger charge is 2.13. The van der Waals surface area contributed by atoms with Crippen molar-refractivity contribution >= 4 is 40.2 Å². The Bertz CT molecular complexity index is 1070. The van der Waals surface area contributed by atoms with Crippen molar-refractivity contribution in [3.63, 3.8) is 0 Å². The molecule has 4 aromatic rings. The number of esters is 1. The number of nitrogens with zero attached hydrogens (tertiary/aromatic N) is 2. The summed E-state index contributed by atoms with van der Waals surface area (Å²) in [6.45, 7) is -0.0927. The number of anilines is 1. The normalized spacial score (nSPS) is 10.6. The van der Waals surface area contributed by atoms with Crippen LogP contribution in [0.2, 0.25) is 0 Å². The van der Waals surface area contributed by atoms with Crippen LogP contribution < -0.4 is 5.32 Å². The van der Waals surface area contributed by atoms with Crippen molar-refractivity contribution in [1.29, 1.82) is 0 Å². The van der Waals surface area contributed by atoms with Crippen LogP contribution in [0.5, 0.6) is 0 Å². The zero-order chi connectivity index (χ0) is 19.3. The first-order valence-electron chi connectivity index (χ1n) is 8.17. The number of hydrogen-bond acceptors (Lipinski definition) is 8. The predicted molar refractivity (Wildman–Crippen MR) is 105 cm³/mol. The summed E-state index contributed by atoms with van der Waals surface area (Å²) in [5.41, 5.74) is 0.949. The Labute approximate surface area is 167 Å². The number of nitrogens with one attached hydrogen (secondary N) is 1. The third-order valence-corrected chi connectivity index (χ3v) is 5.38. The molecule has 0 saturated carbocycles. The molecule has 0 fully saturated rings. The molecular formula is C19H13N3O4S2. The number of hydrogen-bond donors (Lipinski definition) is 1. The molecule has 0 atom stereocenters. The highest BCUT2D eigenvalue weighted by atomic mass is 32.1. The van der Waals surface area contributed by atoms with Gasteiger partial charge in [0.25, 0.3) is 11.8 Å². The highest BCUT2D eigenvalue weighted by molar-refractivity contribution is 7.13. The predicted octanol–water partition coefficient (Wildman–Crippen LogP) is 4.47. The second-order valence-corrected chi connectivity index (χ2v) is 7.47. The summed E-state index contributed by atoms with van der Waals surface area (Å²) in [6.07, 6.45) is 0. The van der Waals surface area contributed by atoms with Crippen molar-refractivity contribution in [2.75, 3.05) is 5.32 Å². The summed E-state index contributed by atoms with van der Waals surface area (Å²) in [5, 5.41) is 10.3. The van der Waals surface area contributed by atoms with Crippen molar-refractivity contribution in [3.05, 3.63) is 75.6 Å². The maximum Gasteiger partial charge on any atom is 0.338 e. The molecule has 0 saturated heterocycles. The van der Waals surface area contributed by atoms with Gasteiger partial charge in [-0.1, -0.05) is 17.3 Å². The van der Waals surface area contributed by atoms with Crippen molar-refractivity contribution in [3.8, 4) is 10.8 Å². The number of rotatable bonds is 6. The monoisotopic (exact) mass is 411 g/mol. The van der Waals surface area contributed by atoms with Gasteiger partial charge in [-0.2, -0.15) is 4.98 Å². The zero-order valence-corrected chi connectivity index (χ0v) is 16.0. The average Bonchev–Trinajstić information content (AvgIpc) is 3.49. The fourth-order valence-corrected chi connectivity index (χ4v) is 3.58. The van der Waals surface area contributed by atoms with E-state index >= 15 is 0 Å². The third-order valence-electron chi connectivity index (χ3n) is 3.66. The molecule has 3 aromatic heterocycles. The highest BCUT2D eigenvalue weighted by Crippen LogP contribution is 2.22. The average molecular weight is 411 g/mol. The molecule has 0 aliphatic carbocycles. The van der Waals surface area contributed by atoms with Gasteiger partial charge in [-0.05, 0) is 47.2 Å². The van der Waals surface area contributed by atoms with Gasteiger partial charge >= 0.3 is 5.97 Å². The van der Waals surface area contributed by atoms with Gasteiger partial charge in [0.1, 0.15) is 0 Å². The lowest BCUT2D eigenvalue weighted by Crippen LogP contribution is -2.10. The first-order valence-corrected chi connectivity index (χ1v) is 9.93. The van der Waals surface area contributed by atoms with Gasteiger partial charge in [0.15, 0.2) is 6.61 Å². The number of aromatic nitrogens is 2. The lowest BCUT2D eigenvalue weighted by atomic mass is 10.2. The fraction of sp³-hybridized carbons (Fsp3) is 0.0526. The number of carbonyl (C=O) groups excluding carboxylic acids is 2. The van der Waals surface area contributed by atoms with Crippen molar-refractivity contribution < 1.29 is 18.8 Å². The van der Waals surface area contributed by atoms with Crippen LogP contribution in [0.25, 0.3) is 10.8 Å². The fourth-order valence-electron chi connectivity index (χ4n) is 2.32. The maximum absolute atomic E-state index is 12.2. The first kappa shape index (κ1) is 18.1.